The van der Waals surface area contributed by atoms with Gasteiger partial charge >= 0.3 is 0 Å². The van der Waals surface area contributed by atoms with Gasteiger partial charge in [0.15, 0.2) is 0 Å². The van der Waals surface area contributed by atoms with Crippen molar-refractivity contribution in [3.8, 4) is 5.75 Å². The molecule has 0 radical (unpaired) electrons. The van der Waals surface area contributed by atoms with Gasteiger partial charge in [0, 0.05) is 6.54 Å². The van der Waals surface area contributed by atoms with Crippen LogP contribution in [0.25, 0.3) is 0 Å². The second-order valence-electron chi connectivity index (χ2n) is 4.23. The van der Waals surface area contributed by atoms with Crippen LogP contribution in [0.2, 0.25) is 0 Å². The van der Waals surface area contributed by atoms with Gasteiger partial charge in [0.2, 0.25) is 0 Å². The number of carbonyl (C=O) groups excluding carboxylic acids is 1. The Morgan fingerprint density at radius 1 is 1.63 bits per heavy atom. The molecule has 6 heteroatoms. The summed E-state index contributed by atoms with van der Waals surface area (Å²) < 4.78 is 24.1. The molecule has 1 unspecified atom stereocenters. The number of halogens is 1. The summed E-state index contributed by atoms with van der Waals surface area (Å²) in [7, 11) is 1.38. The Hall–Kier alpha value is -1.66. The summed E-state index contributed by atoms with van der Waals surface area (Å²) in [5.74, 6) is -0.932. The third-order valence-corrected chi connectivity index (χ3v) is 3.11. The van der Waals surface area contributed by atoms with Crippen LogP contribution in [0.4, 0.5) is 4.39 Å². The number of carbonyl (C=O) groups is 1. The first-order valence-electron chi connectivity index (χ1n) is 6.01. The van der Waals surface area contributed by atoms with Crippen molar-refractivity contribution in [2.75, 3.05) is 33.5 Å². The van der Waals surface area contributed by atoms with Gasteiger partial charge in [-0.3, -0.25) is 4.79 Å². The largest absolute Gasteiger partial charge is 0.496 e. The van der Waals surface area contributed by atoms with Crippen LogP contribution < -0.4 is 4.74 Å². The Kier molecular flexibility index (Phi) is 4.34. The van der Waals surface area contributed by atoms with Crippen LogP contribution in [0.3, 0.4) is 0 Å². The fourth-order valence-electron chi connectivity index (χ4n) is 2.10. The van der Waals surface area contributed by atoms with Crippen molar-refractivity contribution in [1.82, 2.24) is 4.90 Å². The third-order valence-electron chi connectivity index (χ3n) is 3.11. The molecule has 1 aromatic carbocycles. The molecule has 0 aliphatic carbocycles. The standard InChI is InChI=1S/C13H16FNO4/c1-18-11-4-2-3-10(14)12(11)13(17)15-5-6-19-8-9(15)7-16/h2-4,9,16H,5-8H2,1H3. The Bertz CT molecular complexity index is 466. The van der Waals surface area contributed by atoms with Crippen molar-refractivity contribution in [3.05, 3.63) is 29.6 Å². The smallest absolute Gasteiger partial charge is 0.261 e. The number of aliphatic hydroxyl groups is 1. The summed E-state index contributed by atoms with van der Waals surface area (Å²) >= 11 is 0. The lowest BCUT2D eigenvalue weighted by atomic mass is 10.1. The number of morpholine rings is 1. The van der Waals surface area contributed by atoms with Gasteiger partial charge in [0.05, 0.1) is 33.0 Å². The Morgan fingerprint density at radius 3 is 3.11 bits per heavy atom. The summed E-state index contributed by atoms with van der Waals surface area (Å²) in [5, 5.41) is 9.25. The predicted octanol–water partition coefficient (Wildman–Crippen LogP) is 0.668. The van der Waals surface area contributed by atoms with Gasteiger partial charge in [-0.1, -0.05) is 6.07 Å². The molecule has 5 nitrogen and oxygen atoms in total. The number of hydrogen-bond donors (Lipinski definition) is 1. The molecule has 1 aromatic rings. The van der Waals surface area contributed by atoms with Crippen molar-refractivity contribution in [2.45, 2.75) is 6.04 Å². The molecule has 1 atom stereocenters. The summed E-state index contributed by atoms with van der Waals surface area (Å²) in [6.45, 7) is 0.724. The van der Waals surface area contributed by atoms with Crippen LogP contribution in [0.15, 0.2) is 18.2 Å². The number of ether oxygens (including phenoxy) is 2. The van der Waals surface area contributed by atoms with Gasteiger partial charge in [0.25, 0.3) is 5.91 Å². The van der Waals surface area contributed by atoms with E-state index in [9.17, 15) is 14.3 Å². The van der Waals surface area contributed by atoms with E-state index in [2.05, 4.69) is 0 Å². The van der Waals surface area contributed by atoms with Gasteiger partial charge < -0.3 is 19.5 Å². The maximum Gasteiger partial charge on any atom is 0.261 e. The van der Waals surface area contributed by atoms with Crippen LogP contribution in [0.5, 0.6) is 5.75 Å². The molecule has 2 rings (SSSR count). The van der Waals surface area contributed by atoms with Gasteiger partial charge in [-0.15, -0.1) is 0 Å². The molecular weight excluding hydrogens is 253 g/mol. The van der Waals surface area contributed by atoms with E-state index in [0.717, 1.165) is 0 Å². The average Bonchev–Trinajstić information content (AvgIpc) is 2.46. The first-order chi connectivity index (χ1) is 9.19. The SMILES string of the molecule is COc1cccc(F)c1C(=O)N1CCOCC1CO. The molecular formula is C13H16FNO4. The van der Waals surface area contributed by atoms with Crippen LogP contribution >= 0.6 is 0 Å². The molecule has 1 amide bonds. The molecule has 104 valence electrons. The molecule has 1 N–H and O–H groups in total. The Labute approximate surface area is 110 Å². The highest BCUT2D eigenvalue weighted by Crippen LogP contribution is 2.24. The molecule has 1 aliphatic rings. The molecule has 0 bridgehead atoms. The second-order valence-corrected chi connectivity index (χ2v) is 4.23. The van der Waals surface area contributed by atoms with E-state index in [1.807, 2.05) is 0 Å². The zero-order valence-corrected chi connectivity index (χ0v) is 10.6. The first kappa shape index (κ1) is 13.8. The maximum atomic E-state index is 13.9. The monoisotopic (exact) mass is 269 g/mol. The topological polar surface area (TPSA) is 59.0 Å². The fraction of sp³-hybridized carbons (Fsp3) is 0.462. The lowest BCUT2D eigenvalue weighted by Gasteiger charge is -2.34. The highest BCUT2D eigenvalue weighted by atomic mass is 19.1. The normalized spacial score (nSPS) is 19.3. The minimum Gasteiger partial charge on any atom is -0.496 e. The number of aliphatic hydroxyl groups excluding tert-OH is 1. The third kappa shape index (κ3) is 2.69. The molecule has 1 heterocycles. The summed E-state index contributed by atoms with van der Waals surface area (Å²) in [4.78, 5) is 13.8. The van der Waals surface area contributed by atoms with Crippen LogP contribution in [0.1, 0.15) is 10.4 Å². The van der Waals surface area contributed by atoms with E-state index in [0.29, 0.717) is 13.2 Å². The van der Waals surface area contributed by atoms with E-state index in [4.69, 9.17) is 9.47 Å². The van der Waals surface area contributed by atoms with Crippen molar-refractivity contribution in [3.63, 3.8) is 0 Å². The molecule has 1 aliphatic heterocycles. The van der Waals surface area contributed by atoms with E-state index in [1.54, 1.807) is 0 Å². The van der Waals surface area contributed by atoms with E-state index in [-0.39, 0.29) is 24.5 Å². The minimum atomic E-state index is -0.632. The molecule has 0 aromatic heterocycles. The lowest BCUT2D eigenvalue weighted by molar-refractivity contribution is -0.0187. The summed E-state index contributed by atoms with van der Waals surface area (Å²) in [5.41, 5.74) is -0.106. The minimum absolute atomic E-state index is 0.106. The Morgan fingerprint density at radius 2 is 2.42 bits per heavy atom. The van der Waals surface area contributed by atoms with Gasteiger partial charge in [0.1, 0.15) is 17.1 Å². The van der Waals surface area contributed by atoms with Gasteiger partial charge in [-0.2, -0.15) is 0 Å². The van der Waals surface area contributed by atoms with E-state index in [1.165, 1.54) is 30.2 Å². The number of hydrogen-bond acceptors (Lipinski definition) is 4. The second kappa shape index (κ2) is 5.99. The molecule has 19 heavy (non-hydrogen) atoms. The van der Waals surface area contributed by atoms with Gasteiger partial charge in [-0.25, -0.2) is 4.39 Å². The van der Waals surface area contributed by atoms with Gasteiger partial charge in [-0.05, 0) is 12.1 Å². The Balaban J connectivity index is 2.32. The highest BCUT2D eigenvalue weighted by Gasteiger charge is 2.30. The number of methoxy groups -OCH3 is 1. The number of rotatable bonds is 3. The van der Waals surface area contributed by atoms with E-state index < -0.39 is 17.8 Å². The summed E-state index contributed by atoms with van der Waals surface area (Å²) in [6.07, 6.45) is 0. The molecule has 1 saturated heterocycles. The van der Waals surface area contributed by atoms with Crippen molar-refractivity contribution in [1.29, 1.82) is 0 Å². The highest BCUT2D eigenvalue weighted by molar-refractivity contribution is 5.97. The van der Waals surface area contributed by atoms with E-state index >= 15 is 0 Å². The molecule has 1 fully saturated rings. The first-order valence-corrected chi connectivity index (χ1v) is 6.01. The van der Waals surface area contributed by atoms with Crippen molar-refractivity contribution >= 4 is 5.91 Å². The fourth-order valence-corrected chi connectivity index (χ4v) is 2.10. The predicted molar refractivity (Wildman–Crippen MR) is 65.7 cm³/mol. The van der Waals surface area contributed by atoms with Crippen molar-refractivity contribution < 1.29 is 23.8 Å². The summed E-state index contributed by atoms with van der Waals surface area (Å²) in [6, 6.07) is 3.77. The lowest BCUT2D eigenvalue weighted by Crippen LogP contribution is -2.50. The number of amides is 1. The quantitative estimate of drug-likeness (QED) is 0.876. The van der Waals surface area contributed by atoms with Crippen molar-refractivity contribution in [2.24, 2.45) is 0 Å². The van der Waals surface area contributed by atoms with Crippen LogP contribution in [-0.2, 0) is 4.74 Å². The number of nitrogens with zero attached hydrogens (tertiary/aromatic N) is 1. The maximum absolute atomic E-state index is 13.9. The zero-order chi connectivity index (χ0) is 13.8. The van der Waals surface area contributed by atoms with Crippen LogP contribution in [0, 0.1) is 5.82 Å². The molecule has 0 saturated carbocycles. The molecule has 0 spiro atoms. The average molecular weight is 269 g/mol. The zero-order valence-electron chi connectivity index (χ0n) is 10.6. The number of benzene rings is 1. The van der Waals surface area contributed by atoms with Crippen LogP contribution in [-0.4, -0.2) is 55.4 Å².